The van der Waals surface area contributed by atoms with Gasteiger partial charge in [-0.1, -0.05) is 26.7 Å². The molecule has 1 aliphatic rings. The lowest BCUT2D eigenvalue weighted by atomic mass is 10.1. The molecular formula is C15H25N3O. The largest absolute Gasteiger partial charge is 0.314 e. The van der Waals surface area contributed by atoms with Gasteiger partial charge in [0.2, 0.25) is 0 Å². The van der Waals surface area contributed by atoms with Crippen LogP contribution in [0, 0.1) is 0 Å². The lowest BCUT2D eigenvalue weighted by Crippen LogP contribution is -2.25. The minimum atomic E-state index is 0.268. The van der Waals surface area contributed by atoms with E-state index < -0.39 is 0 Å². The second-order valence-electron chi connectivity index (χ2n) is 5.80. The Hall–Kier alpha value is -1.16. The zero-order chi connectivity index (χ0) is 13.7. The Morgan fingerprint density at radius 3 is 2.89 bits per heavy atom. The van der Waals surface area contributed by atoms with Crippen molar-refractivity contribution in [3.8, 4) is 0 Å². The highest BCUT2D eigenvalue weighted by molar-refractivity contribution is 5.80. The van der Waals surface area contributed by atoms with Gasteiger partial charge in [0.15, 0.2) is 0 Å². The zero-order valence-electron chi connectivity index (χ0n) is 12.1. The van der Waals surface area contributed by atoms with Crippen molar-refractivity contribution in [2.45, 2.75) is 64.5 Å². The number of ketones is 1. The summed E-state index contributed by atoms with van der Waals surface area (Å²) in [6.45, 7) is 4.95. The maximum Gasteiger partial charge on any atom is 0.140 e. The van der Waals surface area contributed by atoms with Gasteiger partial charge in [-0.05, 0) is 18.9 Å². The van der Waals surface area contributed by atoms with Crippen molar-refractivity contribution in [2.75, 3.05) is 6.54 Å². The topological polar surface area (TPSA) is 46.9 Å². The maximum absolute atomic E-state index is 11.8. The molecule has 0 bridgehead atoms. The van der Waals surface area contributed by atoms with E-state index in [0.29, 0.717) is 24.9 Å². The third kappa shape index (κ3) is 4.46. The molecule has 1 heterocycles. The van der Waals surface area contributed by atoms with Crippen molar-refractivity contribution in [2.24, 2.45) is 0 Å². The van der Waals surface area contributed by atoms with Gasteiger partial charge in [-0.2, -0.15) is 5.10 Å². The van der Waals surface area contributed by atoms with E-state index in [0.717, 1.165) is 12.2 Å². The number of hydrogen-bond donors (Lipinski definition) is 1. The normalized spacial score (nSPS) is 16.4. The fraction of sp³-hybridized carbons (Fsp3) is 0.733. The molecule has 0 radical (unpaired) electrons. The molecule has 0 saturated heterocycles. The molecule has 0 aromatic carbocycles. The molecule has 2 rings (SSSR count). The standard InChI is InChI=1S/C15H25N3O/c1-12(2)16-9-7-15(19)11-13-8-10-18(17-13)14-5-3-4-6-14/h8,10,12,14,16H,3-7,9,11H2,1-2H3. The van der Waals surface area contributed by atoms with Gasteiger partial charge in [0, 0.05) is 25.2 Å². The van der Waals surface area contributed by atoms with Crippen molar-refractivity contribution >= 4 is 5.78 Å². The van der Waals surface area contributed by atoms with Crippen LogP contribution < -0.4 is 5.32 Å². The quantitative estimate of drug-likeness (QED) is 0.822. The summed E-state index contributed by atoms with van der Waals surface area (Å²) in [5, 5.41) is 7.82. The number of hydrogen-bond acceptors (Lipinski definition) is 3. The highest BCUT2D eigenvalue weighted by Crippen LogP contribution is 2.28. The summed E-state index contributed by atoms with van der Waals surface area (Å²) >= 11 is 0. The Bertz CT molecular complexity index is 405. The molecular weight excluding hydrogens is 238 g/mol. The van der Waals surface area contributed by atoms with Crippen LogP contribution >= 0.6 is 0 Å². The van der Waals surface area contributed by atoms with Gasteiger partial charge < -0.3 is 5.32 Å². The Morgan fingerprint density at radius 1 is 1.47 bits per heavy atom. The predicted octanol–water partition coefficient (Wildman–Crippen LogP) is 2.50. The molecule has 0 spiro atoms. The summed E-state index contributed by atoms with van der Waals surface area (Å²) < 4.78 is 2.06. The first kappa shape index (κ1) is 14.3. The van der Waals surface area contributed by atoms with Crippen LogP contribution in [0.5, 0.6) is 0 Å². The maximum atomic E-state index is 11.8. The van der Waals surface area contributed by atoms with Crippen LogP contribution in [-0.4, -0.2) is 28.2 Å². The summed E-state index contributed by atoms with van der Waals surface area (Å²) in [7, 11) is 0. The smallest absolute Gasteiger partial charge is 0.140 e. The second kappa shape index (κ2) is 6.85. The summed E-state index contributed by atoms with van der Waals surface area (Å²) in [5.74, 6) is 0.268. The third-order valence-corrected chi connectivity index (χ3v) is 3.70. The number of Topliss-reactive ketones (excluding diaryl/α,β-unsaturated/α-hetero) is 1. The van der Waals surface area contributed by atoms with Crippen molar-refractivity contribution < 1.29 is 4.79 Å². The van der Waals surface area contributed by atoms with Crippen LogP contribution in [0.2, 0.25) is 0 Å². The number of rotatable bonds is 7. The highest BCUT2D eigenvalue weighted by Gasteiger charge is 2.17. The molecule has 0 atom stereocenters. The fourth-order valence-electron chi connectivity index (χ4n) is 2.63. The van der Waals surface area contributed by atoms with E-state index in [9.17, 15) is 4.79 Å². The molecule has 106 valence electrons. The van der Waals surface area contributed by atoms with Gasteiger partial charge in [-0.3, -0.25) is 9.48 Å². The third-order valence-electron chi connectivity index (χ3n) is 3.70. The van der Waals surface area contributed by atoms with Crippen molar-refractivity contribution in [3.05, 3.63) is 18.0 Å². The van der Waals surface area contributed by atoms with Crippen molar-refractivity contribution in [1.82, 2.24) is 15.1 Å². The van der Waals surface area contributed by atoms with Gasteiger partial charge in [0.05, 0.1) is 18.2 Å². The number of carbonyl (C=O) groups is 1. The molecule has 1 N–H and O–H groups in total. The molecule has 4 nitrogen and oxygen atoms in total. The minimum Gasteiger partial charge on any atom is -0.314 e. The Kier molecular flexibility index (Phi) is 5.14. The van der Waals surface area contributed by atoms with E-state index in [-0.39, 0.29) is 5.78 Å². The molecule has 4 heteroatoms. The summed E-state index contributed by atoms with van der Waals surface area (Å²) in [6.07, 6.45) is 8.17. The van der Waals surface area contributed by atoms with Gasteiger partial charge in [0.1, 0.15) is 5.78 Å². The number of carbonyl (C=O) groups excluding carboxylic acids is 1. The van der Waals surface area contributed by atoms with Crippen molar-refractivity contribution in [1.29, 1.82) is 0 Å². The molecule has 0 amide bonds. The van der Waals surface area contributed by atoms with E-state index >= 15 is 0 Å². The molecule has 1 aliphatic carbocycles. The number of nitrogens with one attached hydrogen (secondary N) is 1. The van der Waals surface area contributed by atoms with E-state index in [1.165, 1.54) is 25.7 Å². The average molecular weight is 263 g/mol. The molecule has 1 aromatic rings. The van der Waals surface area contributed by atoms with Gasteiger partial charge in [-0.25, -0.2) is 0 Å². The molecule has 0 aliphatic heterocycles. The highest BCUT2D eigenvalue weighted by atomic mass is 16.1. The Labute approximate surface area is 115 Å². The number of nitrogens with zero attached hydrogens (tertiary/aromatic N) is 2. The van der Waals surface area contributed by atoms with Crippen LogP contribution in [0.1, 0.15) is 57.7 Å². The van der Waals surface area contributed by atoms with E-state index in [4.69, 9.17) is 0 Å². The van der Waals surface area contributed by atoms with Crippen LogP contribution in [0.15, 0.2) is 12.3 Å². The monoisotopic (exact) mass is 263 g/mol. The number of aromatic nitrogens is 2. The molecule has 1 aromatic heterocycles. The van der Waals surface area contributed by atoms with Gasteiger partial charge in [0.25, 0.3) is 0 Å². The zero-order valence-corrected chi connectivity index (χ0v) is 12.1. The van der Waals surface area contributed by atoms with E-state index in [1.54, 1.807) is 0 Å². The Morgan fingerprint density at radius 2 is 2.21 bits per heavy atom. The average Bonchev–Trinajstić information content (AvgIpc) is 2.97. The summed E-state index contributed by atoms with van der Waals surface area (Å²) in [5.41, 5.74) is 0.918. The lowest BCUT2D eigenvalue weighted by Gasteiger charge is -2.09. The predicted molar refractivity (Wildman–Crippen MR) is 76.2 cm³/mol. The molecule has 1 saturated carbocycles. The second-order valence-corrected chi connectivity index (χ2v) is 5.80. The first-order valence-electron chi connectivity index (χ1n) is 7.44. The van der Waals surface area contributed by atoms with Crippen molar-refractivity contribution in [3.63, 3.8) is 0 Å². The molecule has 0 unspecified atom stereocenters. The molecule has 19 heavy (non-hydrogen) atoms. The summed E-state index contributed by atoms with van der Waals surface area (Å²) in [4.78, 5) is 11.8. The van der Waals surface area contributed by atoms with Gasteiger partial charge >= 0.3 is 0 Å². The fourth-order valence-corrected chi connectivity index (χ4v) is 2.63. The lowest BCUT2D eigenvalue weighted by molar-refractivity contribution is -0.118. The SMILES string of the molecule is CC(C)NCCC(=O)Cc1ccn(C2CCCC2)n1. The Balaban J connectivity index is 1.77. The van der Waals surface area contributed by atoms with Crippen LogP contribution in [0.25, 0.3) is 0 Å². The molecule has 1 fully saturated rings. The van der Waals surface area contributed by atoms with E-state index in [2.05, 4.69) is 28.9 Å². The van der Waals surface area contributed by atoms with Crippen LogP contribution in [0.3, 0.4) is 0 Å². The first-order chi connectivity index (χ1) is 9.15. The first-order valence-corrected chi connectivity index (χ1v) is 7.44. The summed E-state index contributed by atoms with van der Waals surface area (Å²) in [6, 6.07) is 2.99. The van der Waals surface area contributed by atoms with E-state index in [1.807, 2.05) is 12.3 Å². The van der Waals surface area contributed by atoms with Crippen LogP contribution in [0.4, 0.5) is 0 Å². The van der Waals surface area contributed by atoms with Crippen LogP contribution in [-0.2, 0) is 11.2 Å². The minimum absolute atomic E-state index is 0.268. The van der Waals surface area contributed by atoms with Gasteiger partial charge in [-0.15, -0.1) is 0 Å².